The third-order valence-electron chi connectivity index (χ3n) is 4.99. The van der Waals surface area contributed by atoms with E-state index in [1.54, 1.807) is 13.8 Å². The summed E-state index contributed by atoms with van der Waals surface area (Å²) in [6.07, 6.45) is 0. The molecule has 0 amide bonds. The van der Waals surface area contributed by atoms with Gasteiger partial charge in [0.05, 0.1) is 4.90 Å². The Morgan fingerprint density at radius 2 is 1.42 bits per heavy atom. The molecule has 4 aromatic rings. The van der Waals surface area contributed by atoms with E-state index in [1.165, 1.54) is 0 Å². The highest BCUT2D eigenvalue weighted by Crippen LogP contribution is 2.29. The maximum atomic E-state index is 13.4. The van der Waals surface area contributed by atoms with Gasteiger partial charge in [-0.2, -0.15) is 4.72 Å². The highest BCUT2D eigenvalue weighted by atomic mass is 32.2. The van der Waals surface area contributed by atoms with Gasteiger partial charge < -0.3 is 4.42 Å². The molecule has 158 valence electrons. The molecule has 0 fully saturated rings. The van der Waals surface area contributed by atoms with E-state index in [2.05, 4.69) is 14.9 Å². The Balaban J connectivity index is 1.77. The maximum Gasteiger partial charge on any atom is 0.247 e. The second-order valence-electron chi connectivity index (χ2n) is 7.50. The van der Waals surface area contributed by atoms with E-state index in [0.29, 0.717) is 22.6 Å². The first-order chi connectivity index (χ1) is 14.8. The summed E-state index contributed by atoms with van der Waals surface area (Å²) in [5.74, 6) is 0.509. The van der Waals surface area contributed by atoms with Crippen LogP contribution in [0.2, 0.25) is 0 Å². The Bertz CT molecular complexity index is 1280. The molecule has 0 aliphatic rings. The van der Waals surface area contributed by atoms with Crippen molar-refractivity contribution in [3.63, 3.8) is 0 Å². The zero-order chi connectivity index (χ0) is 22.0. The topological polar surface area (TPSA) is 85.1 Å². The van der Waals surface area contributed by atoms with Crippen LogP contribution in [-0.2, 0) is 10.0 Å². The molecule has 1 unspecified atom stereocenters. The van der Waals surface area contributed by atoms with Gasteiger partial charge in [0.15, 0.2) is 0 Å². The number of hydrogen-bond acceptors (Lipinski definition) is 5. The molecule has 4 rings (SSSR count). The maximum absolute atomic E-state index is 13.4. The second kappa shape index (κ2) is 8.45. The fraction of sp³-hybridized carbons (Fsp3) is 0.167. The van der Waals surface area contributed by atoms with Crippen LogP contribution in [0.3, 0.4) is 0 Å². The zero-order valence-electron chi connectivity index (χ0n) is 17.5. The van der Waals surface area contributed by atoms with Crippen molar-refractivity contribution in [2.75, 3.05) is 0 Å². The normalized spacial score (nSPS) is 12.6. The van der Waals surface area contributed by atoms with Gasteiger partial charge in [-0.25, -0.2) is 8.42 Å². The molecular formula is C24H23N3O3S. The summed E-state index contributed by atoms with van der Waals surface area (Å²) >= 11 is 0. The molecule has 0 aliphatic carbocycles. The Morgan fingerprint density at radius 3 is 2.03 bits per heavy atom. The minimum Gasteiger partial charge on any atom is -0.419 e. The lowest BCUT2D eigenvalue weighted by molar-refractivity contribution is 0.464. The van der Waals surface area contributed by atoms with Crippen molar-refractivity contribution in [3.05, 3.63) is 101 Å². The Kier molecular flexibility index (Phi) is 5.71. The predicted molar refractivity (Wildman–Crippen MR) is 119 cm³/mol. The van der Waals surface area contributed by atoms with Crippen LogP contribution >= 0.6 is 0 Å². The number of aromatic nitrogens is 2. The van der Waals surface area contributed by atoms with Gasteiger partial charge >= 0.3 is 0 Å². The Hall–Kier alpha value is -3.29. The van der Waals surface area contributed by atoms with Gasteiger partial charge in [-0.15, -0.1) is 10.2 Å². The largest absolute Gasteiger partial charge is 0.419 e. The highest BCUT2D eigenvalue weighted by Gasteiger charge is 2.29. The molecule has 7 heteroatoms. The van der Waals surface area contributed by atoms with Gasteiger partial charge in [-0.05, 0) is 49.6 Å². The number of rotatable bonds is 6. The molecule has 6 nitrogen and oxygen atoms in total. The number of benzene rings is 3. The lowest BCUT2D eigenvalue weighted by Crippen LogP contribution is -2.30. The molecular weight excluding hydrogens is 410 g/mol. The van der Waals surface area contributed by atoms with Crippen molar-refractivity contribution >= 4 is 10.0 Å². The molecule has 1 N–H and O–H groups in total. The van der Waals surface area contributed by atoms with Crippen molar-refractivity contribution < 1.29 is 12.8 Å². The first kappa shape index (κ1) is 21.0. The number of sulfonamides is 1. The first-order valence-corrected chi connectivity index (χ1v) is 11.4. The van der Waals surface area contributed by atoms with Gasteiger partial charge in [-0.1, -0.05) is 66.2 Å². The highest BCUT2D eigenvalue weighted by molar-refractivity contribution is 7.89. The fourth-order valence-corrected chi connectivity index (χ4v) is 5.39. The van der Waals surface area contributed by atoms with Crippen molar-refractivity contribution in [3.8, 4) is 11.5 Å². The van der Waals surface area contributed by atoms with Crippen molar-refractivity contribution in [2.45, 2.75) is 31.7 Å². The third-order valence-corrected chi connectivity index (χ3v) is 6.72. The van der Waals surface area contributed by atoms with E-state index in [1.807, 2.05) is 79.7 Å². The van der Waals surface area contributed by atoms with Crippen LogP contribution in [0.4, 0.5) is 0 Å². The lowest BCUT2D eigenvalue weighted by Gasteiger charge is -2.18. The average molecular weight is 434 g/mol. The van der Waals surface area contributed by atoms with Gasteiger partial charge in [0.2, 0.25) is 21.8 Å². The van der Waals surface area contributed by atoms with Crippen molar-refractivity contribution in [1.82, 2.24) is 14.9 Å². The molecule has 3 aromatic carbocycles. The number of nitrogens with zero attached hydrogens (tertiary/aromatic N) is 2. The van der Waals surface area contributed by atoms with Crippen LogP contribution in [0.25, 0.3) is 11.5 Å². The van der Waals surface area contributed by atoms with E-state index in [0.717, 1.165) is 11.1 Å². The molecule has 0 spiro atoms. The summed E-state index contributed by atoms with van der Waals surface area (Å²) in [5.41, 5.74) is 3.86. The predicted octanol–water partition coefficient (Wildman–Crippen LogP) is 4.73. The minimum atomic E-state index is -3.87. The molecule has 0 saturated heterocycles. The molecule has 0 saturated carbocycles. The average Bonchev–Trinajstić information content (AvgIpc) is 3.22. The summed E-state index contributed by atoms with van der Waals surface area (Å²) in [6, 6.07) is 21.5. The van der Waals surface area contributed by atoms with Crippen LogP contribution in [0.5, 0.6) is 0 Å². The van der Waals surface area contributed by atoms with Crippen molar-refractivity contribution in [1.29, 1.82) is 0 Å². The minimum absolute atomic E-state index is 0.177. The smallest absolute Gasteiger partial charge is 0.247 e. The molecule has 0 aliphatic heterocycles. The van der Waals surface area contributed by atoms with Gasteiger partial charge in [0.25, 0.3) is 0 Å². The van der Waals surface area contributed by atoms with Gasteiger partial charge in [0, 0.05) is 5.56 Å². The summed E-state index contributed by atoms with van der Waals surface area (Å²) in [7, 11) is -3.87. The quantitative estimate of drug-likeness (QED) is 0.475. The van der Waals surface area contributed by atoms with E-state index < -0.39 is 16.1 Å². The van der Waals surface area contributed by atoms with Crippen LogP contribution in [0, 0.1) is 20.8 Å². The third kappa shape index (κ3) is 4.42. The fourth-order valence-electron chi connectivity index (χ4n) is 3.76. The number of hydrogen-bond donors (Lipinski definition) is 1. The number of nitrogens with one attached hydrogen (secondary N) is 1. The standard InChI is InChI=1S/C24H23N3O3S/c1-16-14-17(2)22(18(3)15-16)31(28,29)27-21(19-10-6-4-7-11-19)24-26-25-23(30-24)20-12-8-5-9-13-20/h4-15,21,27H,1-3H3. The van der Waals surface area contributed by atoms with E-state index in [-0.39, 0.29) is 10.8 Å². The monoisotopic (exact) mass is 433 g/mol. The SMILES string of the molecule is Cc1cc(C)c(S(=O)(=O)NC(c2ccccc2)c2nnc(-c3ccccc3)o2)c(C)c1. The summed E-state index contributed by atoms with van der Waals surface area (Å²) < 4.78 is 35.5. The van der Waals surface area contributed by atoms with Gasteiger partial charge in [0.1, 0.15) is 6.04 Å². The second-order valence-corrected chi connectivity index (χ2v) is 9.16. The van der Waals surface area contributed by atoms with Crippen molar-refractivity contribution in [2.24, 2.45) is 0 Å². The van der Waals surface area contributed by atoms with E-state index >= 15 is 0 Å². The Labute approximate surface area is 182 Å². The summed E-state index contributed by atoms with van der Waals surface area (Å²) in [6.45, 7) is 5.54. The van der Waals surface area contributed by atoms with Crippen LogP contribution in [-0.4, -0.2) is 18.6 Å². The first-order valence-electron chi connectivity index (χ1n) is 9.89. The number of aryl methyl sites for hydroxylation is 3. The summed E-state index contributed by atoms with van der Waals surface area (Å²) in [5, 5.41) is 8.29. The Morgan fingerprint density at radius 1 is 0.839 bits per heavy atom. The molecule has 1 aromatic heterocycles. The van der Waals surface area contributed by atoms with E-state index in [4.69, 9.17) is 4.42 Å². The molecule has 1 heterocycles. The van der Waals surface area contributed by atoms with Gasteiger partial charge in [-0.3, -0.25) is 0 Å². The lowest BCUT2D eigenvalue weighted by atomic mass is 10.1. The molecule has 0 radical (unpaired) electrons. The summed E-state index contributed by atoms with van der Waals surface area (Å²) in [4.78, 5) is 0.266. The van der Waals surface area contributed by atoms with Crippen LogP contribution in [0.1, 0.15) is 34.2 Å². The molecule has 31 heavy (non-hydrogen) atoms. The van der Waals surface area contributed by atoms with Crippen LogP contribution < -0.4 is 4.72 Å². The molecule has 1 atom stereocenters. The van der Waals surface area contributed by atoms with Crippen LogP contribution in [0.15, 0.2) is 82.1 Å². The molecule has 0 bridgehead atoms. The zero-order valence-corrected chi connectivity index (χ0v) is 18.3. The van der Waals surface area contributed by atoms with E-state index in [9.17, 15) is 8.42 Å².